The first kappa shape index (κ1) is 12.9. The second-order valence-corrected chi connectivity index (χ2v) is 5.09. The van der Waals surface area contributed by atoms with Crippen molar-refractivity contribution in [2.24, 2.45) is 5.73 Å². The van der Waals surface area contributed by atoms with Crippen LogP contribution in [0.3, 0.4) is 0 Å². The lowest BCUT2D eigenvalue weighted by atomic mass is 10.1. The Labute approximate surface area is 118 Å². The van der Waals surface area contributed by atoms with Crippen molar-refractivity contribution in [3.05, 3.63) is 54.1 Å². The first-order valence-corrected chi connectivity index (χ1v) is 6.82. The molecular formula is C15H18N4O. The summed E-state index contributed by atoms with van der Waals surface area (Å²) in [7, 11) is 0. The van der Waals surface area contributed by atoms with Crippen molar-refractivity contribution >= 4 is 5.91 Å². The van der Waals surface area contributed by atoms with Gasteiger partial charge in [0, 0.05) is 25.5 Å². The third-order valence-corrected chi connectivity index (χ3v) is 3.67. The second-order valence-electron chi connectivity index (χ2n) is 5.09. The maximum Gasteiger partial charge on any atom is 0.240 e. The Bertz CT molecular complexity index is 593. The summed E-state index contributed by atoms with van der Waals surface area (Å²) >= 11 is 0. The largest absolute Gasteiger partial charge is 0.332 e. The van der Waals surface area contributed by atoms with Crippen LogP contribution in [0.5, 0.6) is 0 Å². The molecule has 2 N–H and O–H groups in total. The van der Waals surface area contributed by atoms with Crippen molar-refractivity contribution in [3.63, 3.8) is 0 Å². The predicted molar refractivity (Wildman–Crippen MR) is 75.8 cm³/mol. The number of imidazole rings is 1. The molecule has 5 heteroatoms. The van der Waals surface area contributed by atoms with Gasteiger partial charge in [0.1, 0.15) is 5.82 Å². The SMILES string of the molecule is N[C@H](Cc1ccccc1)C(=O)N1CCn2ccnc2C1. The third-order valence-electron chi connectivity index (χ3n) is 3.67. The van der Waals surface area contributed by atoms with Crippen molar-refractivity contribution in [3.8, 4) is 0 Å². The number of hydrogen-bond acceptors (Lipinski definition) is 3. The second kappa shape index (κ2) is 5.46. The third kappa shape index (κ3) is 2.58. The van der Waals surface area contributed by atoms with Gasteiger partial charge in [-0.2, -0.15) is 0 Å². The van der Waals surface area contributed by atoms with Crippen LogP contribution in [-0.4, -0.2) is 32.9 Å². The first-order chi connectivity index (χ1) is 9.74. The number of hydrogen-bond donors (Lipinski definition) is 1. The van der Waals surface area contributed by atoms with Crippen molar-refractivity contribution < 1.29 is 4.79 Å². The Hall–Kier alpha value is -2.14. The fourth-order valence-corrected chi connectivity index (χ4v) is 2.55. The number of carbonyl (C=O) groups excluding carboxylic acids is 1. The van der Waals surface area contributed by atoms with E-state index in [1.165, 1.54) is 0 Å². The molecule has 2 heterocycles. The van der Waals surface area contributed by atoms with Crippen molar-refractivity contribution in [2.75, 3.05) is 6.54 Å². The summed E-state index contributed by atoms with van der Waals surface area (Å²) in [5.41, 5.74) is 7.15. The van der Waals surface area contributed by atoms with Crippen LogP contribution in [0.25, 0.3) is 0 Å². The van der Waals surface area contributed by atoms with E-state index >= 15 is 0 Å². The Morgan fingerprint density at radius 3 is 2.90 bits per heavy atom. The molecule has 0 radical (unpaired) electrons. The molecule has 20 heavy (non-hydrogen) atoms. The van der Waals surface area contributed by atoms with Crippen LogP contribution >= 0.6 is 0 Å². The molecule has 104 valence electrons. The highest BCUT2D eigenvalue weighted by Gasteiger charge is 2.25. The molecule has 0 unspecified atom stereocenters. The van der Waals surface area contributed by atoms with Gasteiger partial charge < -0.3 is 15.2 Å². The number of nitrogens with two attached hydrogens (primary N) is 1. The molecule has 1 atom stereocenters. The number of fused-ring (bicyclic) bond motifs is 1. The molecule has 0 saturated heterocycles. The number of rotatable bonds is 3. The van der Waals surface area contributed by atoms with E-state index in [1.54, 1.807) is 11.1 Å². The van der Waals surface area contributed by atoms with Crippen LogP contribution in [0.15, 0.2) is 42.7 Å². The highest BCUT2D eigenvalue weighted by molar-refractivity contribution is 5.82. The normalized spacial score (nSPS) is 15.8. The van der Waals surface area contributed by atoms with E-state index in [0.717, 1.165) is 17.9 Å². The summed E-state index contributed by atoms with van der Waals surface area (Å²) in [4.78, 5) is 18.5. The Morgan fingerprint density at radius 2 is 2.10 bits per heavy atom. The van der Waals surface area contributed by atoms with E-state index < -0.39 is 6.04 Å². The lowest BCUT2D eigenvalue weighted by Crippen LogP contribution is -2.47. The molecule has 1 amide bonds. The van der Waals surface area contributed by atoms with Crippen molar-refractivity contribution in [2.45, 2.75) is 25.6 Å². The zero-order valence-corrected chi connectivity index (χ0v) is 11.3. The summed E-state index contributed by atoms with van der Waals surface area (Å²) in [6.07, 6.45) is 4.29. The van der Waals surface area contributed by atoms with E-state index in [0.29, 0.717) is 19.5 Å². The van der Waals surface area contributed by atoms with Gasteiger partial charge in [0.15, 0.2) is 0 Å². The number of carbonyl (C=O) groups is 1. The maximum absolute atomic E-state index is 12.4. The molecule has 0 bridgehead atoms. The van der Waals surface area contributed by atoms with E-state index in [1.807, 2.05) is 36.5 Å². The minimum atomic E-state index is -0.487. The van der Waals surface area contributed by atoms with Gasteiger partial charge in [0.05, 0.1) is 12.6 Å². The highest BCUT2D eigenvalue weighted by Crippen LogP contribution is 2.12. The zero-order valence-electron chi connectivity index (χ0n) is 11.3. The van der Waals surface area contributed by atoms with E-state index in [-0.39, 0.29) is 5.91 Å². The van der Waals surface area contributed by atoms with Crippen LogP contribution in [0.2, 0.25) is 0 Å². The van der Waals surface area contributed by atoms with Gasteiger partial charge in [-0.1, -0.05) is 30.3 Å². The predicted octanol–water partition coefficient (Wildman–Crippen LogP) is 0.795. The lowest BCUT2D eigenvalue weighted by Gasteiger charge is -2.29. The maximum atomic E-state index is 12.4. The summed E-state index contributed by atoms with van der Waals surface area (Å²) in [5.74, 6) is 0.930. The van der Waals surface area contributed by atoms with Crippen molar-refractivity contribution in [1.82, 2.24) is 14.5 Å². The lowest BCUT2D eigenvalue weighted by molar-refractivity contribution is -0.134. The number of aromatic nitrogens is 2. The minimum absolute atomic E-state index is 0.00287. The Balaban J connectivity index is 1.64. The average Bonchev–Trinajstić information content (AvgIpc) is 2.94. The molecule has 1 aliphatic heterocycles. The summed E-state index contributed by atoms with van der Waals surface area (Å²) in [6.45, 7) is 2.04. The van der Waals surface area contributed by atoms with Gasteiger partial charge in [-0.25, -0.2) is 4.98 Å². The van der Waals surface area contributed by atoms with Gasteiger partial charge in [-0.15, -0.1) is 0 Å². The van der Waals surface area contributed by atoms with Gasteiger partial charge in [-0.3, -0.25) is 4.79 Å². The standard InChI is InChI=1S/C15H18N4O/c16-13(10-12-4-2-1-3-5-12)15(20)19-9-8-18-7-6-17-14(18)11-19/h1-7,13H,8-11,16H2/t13-/m1/s1. The molecule has 0 fully saturated rings. The highest BCUT2D eigenvalue weighted by atomic mass is 16.2. The molecule has 1 aromatic heterocycles. The quantitative estimate of drug-likeness (QED) is 0.897. The smallest absolute Gasteiger partial charge is 0.240 e. The summed E-state index contributed by atoms with van der Waals surface area (Å²) in [5, 5.41) is 0. The summed E-state index contributed by atoms with van der Waals surface area (Å²) in [6, 6.07) is 9.39. The molecule has 0 spiro atoms. The molecule has 3 rings (SSSR count). The van der Waals surface area contributed by atoms with E-state index in [4.69, 9.17) is 5.73 Å². The fraction of sp³-hybridized carbons (Fsp3) is 0.333. The van der Waals surface area contributed by atoms with Gasteiger partial charge in [0.2, 0.25) is 5.91 Å². The van der Waals surface area contributed by atoms with Crippen LogP contribution in [0.4, 0.5) is 0 Å². The number of benzene rings is 1. The van der Waals surface area contributed by atoms with Crippen molar-refractivity contribution in [1.29, 1.82) is 0 Å². The van der Waals surface area contributed by atoms with Gasteiger partial charge in [0.25, 0.3) is 0 Å². The molecule has 1 aliphatic rings. The molecule has 0 aliphatic carbocycles. The first-order valence-electron chi connectivity index (χ1n) is 6.82. The van der Waals surface area contributed by atoms with Crippen LogP contribution < -0.4 is 5.73 Å². The summed E-state index contributed by atoms with van der Waals surface area (Å²) < 4.78 is 2.08. The van der Waals surface area contributed by atoms with E-state index in [9.17, 15) is 4.79 Å². The Kier molecular flexibility index (Phi) is 3.52. The van der Waals surface area contributed by atoms with Gasteiger partial charge in [-0.05, 0) is 12.0 Å². The number of nitrogens with zero attached hydrogens (tertiary/aromatic N) is 3. The Morgan fingerprint density at radius 1 is 1.30 bits per heavy atom. The molecule has 1 aromatic carbocycles. The topological polar surface area (TPSA) is 64.2 Å². The monoisotopic (exact) mass is 270 g/mol. The van der Waals surface area contributed by atoms with Crippen LogP contribution in [0.1, 0.15) is 11.4 Å². The van der Waals surface area contributed by atoms with Crippen LogP contribution in [0, 0.1) is 0 Å². The molecule has 2 aromatic rings. The molecule has 5 nitrogen and oxygen atoms in total. The zero-order chi connectivity index (χ0) is 13.9. The van der Waals surface area contributed by atoms with E-state index in [2.05, 4.69) is 9.55 Å². The minimum Gasteiger partial charge on any atom is -0.332 e. The average molecular weight is 270 g/mol. The number of amides is 1. The molecular weight excluding hydrogens is 252 g/mol. The van der Waals surface area contributed by atoms with Crippen LogP contribution in [-0.2, 0) is 24.3 Å². The molecule has 0 saturated carbocycles. The fourth-order valence-electron chi connectivity index (χ4n) is 2.55. The van der Waals surface area contributed by atoms with Gasteiger partial charge >= 0.3 is 0 Å².